The highest BCUT2D eigenvalue weighted by molar-refractivity contribution is 7.60. The number of nitrogens with zero attached hydrogens (tertiary/aromatic N) is 2. The predicted molar refractivity (Wildman–Crippen MR) is 110 cm³/mol. The standard InChI is InChI=1S/C20H20N3O6P/c1-13(2)28-16-10-14(19(24)23-20-21-8-3-9-22-20)11-17(12-16)29-15-4-6-18(7-5-15)30(25,26)27/h3-13H,1-2H3,(H2,25,26,27)(H,21,22,23,24). The summed E-state index contributed by atoms with van der Waals surface area (Å²) in [6, 6.07) is 11.8. The van der Waals surface area contributed by atoms with E-state index in [0.717, 1.165) is 0 Å². The first-order valence-corrected chi connectivity index (χ1v) is 10.6. The van der Waals surface area contributed by atoms with Crippen LogP contribution in [-0.2, 0) is 4.57 Å². The van der Waals surface area contributed by atoms with Gasteiger partial charge in [-0.3, -0.25) is 14.7 Å². The Morgan fingerprint density at radius 2 is 1.63 bits per heavy atom. The lowest BCUT2D eigenvalue weighted by Crippen LogP contribution is -2.14. The zero-order valence-electron chi connectivity index (χ0n) is 16.2. The monoisotopic (exact) mass is 429 g/mol. The third-order valence-corrected chi connectivity index (χ3v) is 4.68. The molecule has 0 aliphatic carbocycles. The zero-order valence-corrected chi connectivity index (χ0v) is 17.1. The molecule has 3 N–H and O–H groups in total. The maximum absolute atomic E-state index is 12.6. The molecule has 0 saturated heterocycles. The highest BCUT2D eigenvalue weighted by Crippen LogP contribution is 2.34. The number of aromatic nitrogens is 2. The number of benzene rings is 2. The maximum Gasteiger partial charge on any atom is 0.356 e. The third kappa shape index (κ3) is 5.87. The van der Waals surface area contributed by atoms with Crippen molar-refractivity contribution in [3.63, 3.8) is 0 Å². The number of nitrogens with one attached hydrogen (secondary N) is 1. The lowest BCUT2D eigenvalue weighted by Gasteiger charge is -2.14. The first kappa shape index (κ1) is 21.4. The summed E-state index contributed by atoms with van der Waals surface area (Å²) in [5.74, 6) is 0.793. The van der Waals surface area contributed by atoms with Crippen LogP contribution in [0, 0.1) is 0 Å². The summed E-state index contributed by atoms with van der Waals surface area (Å²) >= 11 is 0. The van der Waals surface area contributed by atoms with Crippen LogP contribution in [0.15, 0.2) is 60.9 Å². The Labute approximate surface area is 172 Å². The molecule has 10 heteroatoms. The average molecular weight is 429 g/mol. The minimum Gasteiger partial charge on any atom is -0.491 e. The van der Waals surface area contributed by atoms with Gasteiger partial charge in [0.1, 0.15) is 17.2 Å². The van der Waals surface area contributed by atoms with Gasteiger partial charge in [0.2, 0.25) is 5.95 Å². The Bertz CT molecular complexity index is 1070. The number of hydrogen-bond donors (Lipinski definition) is 3. The lowest BCUT2D eigenvalue weighted by molar-refractivity contribution is 0.102. The second kappa shape index (κ2) is 9.04. The molecule has 0 unspecified atom stereocenters. The smallest absolute Gasteiger partial charge is 0.356 e. The van der Waals surface area contributed by atoms with Crippen LogP contribution in [0.1, 0.15) is 24.2 Å². The van der Waals surface area contributed by atoms with Gasteiger partial charge >= 0.3 is 7.60 Å². The Morgan fingerprint density at radius 3 is 2.23 bits per heavy atom. The molecule has 0 fully saturated rings. The molecule has 0 radical (unpaired) electrons. The number of amides is 1. The quantitative estimate of drug-likeness (QED) is 0.489. The molecular weight excluding hydrogens is 409 g/mol. The van der Waals surface area contributed by atoms with Crippen molar-refractivity contribution in [2.24, 2.45) is 0 Å². The van der Waals surface area contributed by atoms with Gasteiger partial charge in [-0.25, -0.2) is 9.97 Å². The van der Waals surface area contributed by atoms with Crippen LogP contribution in [0.3, 0.4) is 0 Å². The average Bonchev–Trinajstić information content (AvgIpc) is 2.68. The van der Waals surface area contributed by atoms with Gasteiger partial charge in [-0.15, -0.1) is 0 Å². The predicted octanol–water partition coefficient (Wildman–Crippen LogP) is 3.11. The van der Waals surface area contributed by atoms with Crippen molar-refractivity contribution >= 4 is 24.8 Å². The fraction of sp³-hybridized carbons (Fsp3) is 0.150. The first-order valence-electron chi connectivity index (χ1n) is 8.95. The van der Waals surface area contributed by atoms with Crippen molar-refractivity contribution in [3.8, 4) is 17.2 Å². The minimum atomic E-state index is -4.34. The van der Waals surface area contributed by atoms with Crippen molar-refractivity contribution in [1.29, 1.82) is 0 Å². The van der Waals surface area contributed by atoms with E-state index in [1.807, 2.05) is 13.8 Å². The molecule has 2 aromatic carbocycles. The van der Waals surface area contributed by atoms with E-state index in [9.17, 15) is 19.1 Å². The van der Waals surface area contributed by atoms with Crippen LogP contribution in [-0.4, -0.2) is 31.8 Å². The molecule has 0 bridgehead atoms. The second-order valence-electron chi connectivity index (χ2n) is 6.53. The maximum atomic E-state index is 12.6. The number of carbonyl (C=O) groups excluding carboxylic acids is 1. The minimum absolute atomic E-state index is 0.116. The van der Waals surface area contributed by atoms with E-state index in [1.54, 1.807) is 18.2 Å². The molecule has 0 aliphatic rings. The summed E-state index contributed by atoms with van der Waals surface area (Å²) in [6.07, 6.45) is 2.89. The number of rotatable bonds is 7. The van der Waals surface area contributed by atoms with Gasteiger partial charge in [-0.05, 0) is 56.3 Å². The van der Waals surface area contributed by atoms with Gasteiger partial charge in [-0.2, -0.15) is 0 Å². The Kier molecular flexibility index (Phi) is 6.47. The van der Waals surface area contributed by atoms with E-state index in [4.69, 9.17) is 9.47 Å². The topological polar surface area (TPSA) is 131 Å². The molecule has 0 atom stereocenters. The van der Waals surface area contributed by atoms with Crippen molar-refractivity contribution in [1.82, 2.24) is 9.97 Å². The van der Waals surface area contributed by atoms with Crippen LogP contribution in [0.25, 0.3) is 0 Å². The van der Waals surface area contributed by atoms with E-state index in [-0.39, 0.29) is 22.9 Å². The molecule has 0 saturated carbocycles. The molecule has 1 aromatic heterocycles. The highest BCUT2D eigenvalue weighted by Gasteiger charge is 2.17. The van der Waals surface area contributed by atoms with Gasteiger partial charge in [-0.1, -0.05) is 0 Å². The first-order chi connectivity index (χ1) is 14.2. The van der Waals surface area contributed by atoms with Gasteiger partial charge < -0.3 is 19.3 Å². The Morgan fingerprint density at radius 1 is 1.00 bits per heavy atom. The fourth-order valence-corrected chi connectivity index (χ4v) is 3.02. The van der Waals surface area contributed by atoms with Gasteiger partial charge in [0, 0.05) is 24.0 Å². The molecule has 3 aromatic rings. The van der Waals surface area contributed by atoms with Crippen LogP contribution in [0.4, 0.5) is 5.95 Å². The fourth-order valence-electron chi connectivity index (χ4n) is 2.48. The van der Waals surface area contributed by atoms with E-state index >= 15 is 0 Å². The van der Waals surface area contributed by atoms with Crippen molar-refractivity contribution in [2.75, 3.05) is 5.32 Å². The van der Waals surface area contributed by atoms with E-state index in [0.29, 0.717) is 17.2 Å². The summed E-state index contributed by atoms with van der Waals surface area (Å²) < 4.78 is 22.8. The zero-order chi connectivity index (χ0) is 21.7. The number of carbonyl (C=O) groups is 1. The number of hydrogen-bond acceptors (Lipinski definition) is 6. The normalized spacial score (nSPS) is 11.2. The molecule has 30 heavy (non-hydrogen) atoms. The molecule has 0 aliphatic heterocycles. The SMILES string of the molecule is CC(C)Oc1cc(Oc2ccc(P(=O)(O)O)cc2)cc(C(=O)Nc2ncccn2)c1. The van der Waals surface area contributed by atoms with E-state index in [1.165, 1.54) is 42.7 Å². The van der Waals surface area contributed by atoms with Crippen molar-refractivity contribution in [3.05, 3.63) is 66.5 Å². The van der Waals surface area contributed by atoms with Crippen LogP contribution in [0.5, 0.6) is 17.2 Å². The highest BCUT2D eigenvalue weighted by atomic mass is 31.2. The van der Waals surface area contributed by atoms with Crippen molar-refractivity contribution in [2.45, 2.75) is 20.0 Å². The summed E-state index contributed by atoms with van der Waals surface area (Å²) in [4.78, 5) is 39.0. The molecule has 0 spiro atoms. The summed E-state index contributed by atoms with van der Waals surface area (Å²) in [5.41, 5.74) is 0.266. The van der Waals surface area contributed by atoms with Crippen LogP contribution >= 0.6 is 7.60 Å². The molecule has 3 rings (SSSR count). The van der Waals surface area contributed by atoms with Gasteiger partial charge in [0.05, 0.1) is 11.4 Å². The molecule has 1 heterocycles. The molecule has 9 nitrogen and oxygen atoms in total. The van der Waals surface area contributed by atoms with Crippen LogP contribution < -0.4 is 20.1 Å². The van der Waals surface area contributed by atoms with Gasteiger partial charge in [0.25, 0.3) is 5.91 Å². The Hall–Kier alpha value is -3.26. The molecule has 1 amide bonds. The summed E-state index contributed by atoms with van der Waals surface area (Å²) in [6.45, 7) is 3.71. The molecule has 156 valence electrons. The summed E-state index contributed by atoms with van der Waals surface area (Å²) in [5, 5.41) is 2.48. The van der Waals surface area contributed by atoms with E-state index < -0.39 is 13.5 Å². The lowest BCUT2D eigenvalue weighted by atomic mass is 10.2. The van der Waals surface area contributed by atoms with Crippen LogP contribution in [0.2, 0.25) is 0 Å². The van der Waals surface area contributed by atoms with E-state index in [2.05, 4.69) is 15.3 Å². The third-order valence-electron chi connectivity index (χ3n) is 3.71. The number of anilines is 1. The number of ether oxygens (including phenoxy) is 2. The van der Waals surface area contributed by atoms with Gasteiger partial charge in [0.15, 0.2) is 0 Å². The largest absolute Gasteiger partial charge is 0.491 e. The second-order valence-corrected chi connectivity index (χ2v) is 8.13. The van der Waals surface area contributed by atoms with Crippen molar-refractivity contribution < 1.29 is 28.6 Å². The molecular formula is C20H20N3O6P. The Balaban J connectivity index is 1.87. The summed E-state index contributed by atoms with van der Waals surface area (Å²) in [7, 11) is -4.34.